The molecule has 0 atom stereocenters. The third-order valence-electron chi connectivity index (χ3n) is 3.70. The molecule has 0 N–H and O–H groups in total. The predicted molar refractivity (Wildman–Crippen MR) is 75.8 cm³/mol. The molecule has 1 nitrogen and oxygen atoms in total. The zero-order valence-corrected chi connectivity index (χ0v) is 11.3. The van der Waals surface area contributed by atoms with E-state index in [4.69, 9.17) is 0 Å². The summed E-state index contributed by atoms with van der Waals surface area (Å²) >= 11 is 1.92. The van der Waals surface area contributed by atoms with Crippen LogP contribution in [0.1, 0.15) is 38.5 Å². The largest absolute Gasteiger partial charge is 0.295 e. The molecule has 0 radical (unpaired) electrons. The lowest BCUT2D eigenvalue weighted by Gasteiger charge is -2.16. The number of Topliss-reactive ketones (excluding diaryl/α,β-unsaturated/α-hetero) is 1. The lowest BCUT2D eigenvalue weighted by molar-refractivity contribution is -0.116. The van der Waals surface area contributed by atoms with Crippen molar-refractivity contribution in [3.8, 4) is 0 Å². The molecular formula is C16H18OS. The van der Waals surface area contributed by atoms with Crippen LogP contribution in [-0.2, 0) is 4.79 Å². The molecule has 2 aliphatic carbocycles. The summed E-state index contributed by atoms with van der Waals surface area (Å²) in [6.07, 6.45) is 8.73. The quantitative estimate of drug-likeness (QED) is 0.748. The summed E-state index contributed by atoms with van der Waals surface area (Å²) in [6.45, 7) is 0. The maximum Gasteiger partial charge on any atom is 0.158 e. The van der Waals surface area contributed by atoms with Gasteiger partial charge in [-0.25, -0.2) is 0 Å². The fraction of sp³-hybridized carbons (Fsp3) is 0.438. The molecule has 2 aliphatic rings. The van der Waals surface area contributed by atoms with Crippen molar-refractivity contribution >= 4 is 17.5 Å². The van der Waals surface area contributed by atoms with Crippen LogP contribution in [-0.4, -0.2) is 10.5 Å². The Morgan fingerprint density at radius 3 is 2.44 bits per heavy atom. The van der Waals surface area contributed by atoms with Gasteiger partial charge in [0.2, 0.25) is 0 Å². The zero-order chi connectivity index (χ0) is 12.4. The molecule has 1 aromatic rings. The number of hydrogen-bond donors (Lipinski definition) is 0. The van der Waals surface area contributed by atoms with E-state index in [1.54, 1.807) is 0 Å². The number of ketones is 1. The van der Waals surface area contributed by atoms with Crippen LogP contribution >= 0.6 is 11.8 Å². The van der Waals surface area contributed by atoms with Crippen LogP contribution in [0, 0.1) is 0 Å². The van der Waals surface area contributed by atoms with Crippen molar-refractivity contribution in [2.24, 2.45) is 0 Å². The summed E-state index contributed by atoms with van der Waals surface area (Å²) in [5.41, 5.74) is 1.10. The van der Waals surface area contributed by atoms with E-state index >= 15 is 0 Å². The summed E-state index contributed by atoms with van der Waals surface area (Å²) in [5.74, 6) is 0.390. The second kappa shape index (κ2) is 4.93. The Kier molecular flexibility index (Phi) is 3.29. The van der Waals surface area contributed by atoms with Crippen LogP contribution in [0.25, 0.3) is 0 Å². The molecule has 0 unspecified atom stereocenters. The van der Waals surface area contributed by atoms with Gasteiger partial charge in [0, 0.05) is 16.1 Å². The number of carbonyl (C=O) groups excluding carboxylic acids is 1. The van der Waals surface area contributed by atoms with E-state index in [1.165, 1.54) is 24.2 Å². The van der Waals surface area contributed by atoms with Gasteiger partial charge in [-0.05, 0) is 49.8 Å². The monoisotopic (exact) mass is 258 g/mol. The van der Waals surface area contributed by atoms with Crippen LogP contribution < -0.4 is 0 Å². The molecule has 0 aliphatic heterocycles. The highest BCUT2D eigenvalue weighted by atomic mass is 32.2. The molecule has 0 saturated heterocycles. The third kappa shape index (κ3) is 2.69. The highest BCUT2D eigenvalue weighted by Crippen LogP contribution is 2.53. The van der Waals surface area contributed by atoms with Crippen molar-refractivity contribution in [1.29, 1.82) is 0 Å². The molecular weight excluding hydrogens is 240 g/mol. The average Bonchev–Trinajstić information content (AvgIpc) is 3.13. The maximum absolute atomic E-state index is 11.9. The van der Waals surface area contributed by atoms with Gasteiger partial charge in [0.05, 0.1) is 0 Å². The van der Waals surface area contributed by atoms with Crippen molar-refractivity contribution in [1.82, 2.24) is 0 Å². The van der Waals surface area contributed by atoms with Gasteiger partial charge in [-0.15, -0.1) is 11.8 Å². The molecule has 94 valence electrons. The molecule has 18 heavy (non-hydrogen) atoms. The van der Waals surface area contributed by atoms with Crippen LogP contribution in [0.3, 0.4) is 0 Å². The predicted octanol–water partition coefficient (Wildman–Crippen LogP) is 4.38. The standard InChI is InChI=1S/C16H18OS/c17-15-9-5-4-6-13(15)12-16(10-11-16)18-14-7-2-1-3-8-14/h1-3,7-8,12H,4-6,9-11H2/b13-12+. The minimum Gasteiger partial charge on any atom is -0.295 e. The van der Waals surface area contributed by atoms with Crippen molar-refractivity contribution in [2.45, 2.75) is 48.2 Å². The third-order valence-corrected chi connectivity index (χ3v) is 5.14. The van der Waals surface area contributed by atoms with Crippen LogP contribution in [0.2, 0.25) is 0 Å². The number of hydrogen-bond acceptors (Lipinski definition) is 2. The van der Waals surface area contributed by atoms with E-state index in [9.17, 15) is 4.79 Å². The molecule has 1 aromatic carbocycles. The Hall–Kier alpha value is -1.02. The fourth-order valence-corrected chi connectivity index (χ4v) is 3.76. The second-order valence-corrected chi connectivity index (χ2v) is 6.77. The van der Waals surface area contributed by atoms with Gasteiger partial charge >= 0.3 is 0 Å². The summed E-state index contributed by atoms with van der Waals surface area (Å²) in [5, 5.41) is 0. The maximum atomic E-state index is 11.9. The van der Waals surface area contributed by atoms with E-state index in [1.807, 2.05) is 17.8 Å². The Morgan fingerprint density at radius 1 is 1.06 bits per heavy atom. The molecule has 0 spiro atoms. The van der Waals surface area contributed by atoms with E-state index < -0.39 is 0 Å². The number of allylic oxidation sites excluding steroid dienone is 1. The van der Waals surface area contributed by atoms with Crippen LogP contribution in [0.5, 0.6) is 0 Å². The lowest BCUT2D eigenvalue weighted by atomic mass is 9.92. The highest BCUT2D eigenvalue weighted by molar-refractivity contribution is 8.01. The van der Waals surface area contributed by atoms with E-state index in [0.717, 1.165) is 24.8 Å². The smallest absolute Gasteiger partial charge is 0.158 e. The molecule has 0 heterocycles. The van der Waals surface area contributed by atoms with Gasteiger partial charge in [-0.2, -0.15) is 0 Å². The topological polar surface area (TPSA) is 17.1 Å². The van der Waals surface area contributed by atoms with Crippen molar-refractivity contribution in [3.63, 3.8) is 0 Å². The summed E-state index contributed by atoms with van der Waals surface area (Å²) in [4.78, 5) is 13.2. The first-order chi connectivity index (χ1) is 8.77. The van der Waals surface area contributed by atoms with Gasteiger partial charge in [-0.3, -0.25) is 4.79 Å². The van der Waals surface area contributed by atoms with E-state index in [2.05, 4.69) is 30.3 Å². The number of benzene rings is 1. The summed E-state index contributed by atoms with van der Waals surface area (Å²) in [7, 11) is 0. The van der Waals surface area contributed by atoms with Crippen molar-refractivity contribution < 1.29 is 4.79 Å². The summed E-state index contributed by atoms with van der Waals surface area (Å²) < 4.78 is 0.226. The minimum atomic E-state index is 0.226. The molecule has 0 bridgehead atoms. The highest BCUT2D eigenvalue weighted by Gasteiger charge is 2.42. The van der Waals surface area contributed by atoms with Crippen LogP contribution in [0.4, 0.5) is 0 Å². The SMILES string of the molecule is O=C1CCCC/C1=C\C1(Sc2ccccc2)CC1. The Bertz CT molecular complexity index is 471. The normalized spacial score (nSPS) is 24.2. The summed E-state index contributed by atoms with van der Waals surface area (Å²) in [6, 6.07) is 10.5. The van der Waals surface area contributed by atoms with Gasteiger partial charge in [0.15, 0.2) is 5.78 Å². The molecule has 0 amide bonds. The Labute approximate surface area is 113 Å². The minimum absolute atomic E-state index is 0.226. The van der Waals surface area contributed by atoms with E-state index in [-0.39, 0.29) is 4.75 Å². The number of thioether (sulfide) groups is 1. The number of rotatable bonds is 3. The van der Waals surface area contributed by atoms with Gasteiger partial charge in [-0.1, -0.05) is 24.3 Å². The Balaban J connectivity index is 1.75. The molecule has 3 rings (SSSR count). The average molecular weight is 258 g/mol. The lowest BCUT2D eigenvalue weighted by Crippen LogP contribution is -2.11. The molecule has 0 aromatic heterocycles. The first-order valence-corrected chi connectivity index (χ1v) is 7.58. The Morgan fingerprint density at radius 2 is 1.78 bits per heavy atom. The molecule has 2 fully saturated rings. The van der Waals surface area contributed by atoms with Gasteiger partial charge in [0.1, 0.15) is 0 Å². The van der Waals surface area contributed by atoms with Crippen LogP contribution in [0.15, 0.2) is 46.9 Å². The van der Waals surface area contributed by atoms with Crippen molar-refractivity contribution in [2.75, 3.05) is 0 Å². The van der Waals surface area contributed by atoms with Crippen molar-refractivity contribution in [3.05, 3.63) is 42.0 Å². The van der Waals surface area contributed by atoms with Gasteiger partial charge < -0.3 is 0 Å². The zero-order valence-electron chi connectivity index (χ0n) is 10.5. The second-order valence-electron chi connectivity index (χ2n) is 5.28. The van der Waals surface area contributed by atoms with E-state index in [0.29, 0.717) is 5.78 Å². The first-order valence-electron chi connectivity index (χ1n) is 6.76. The van der Waals surface area contributed by atoms with Gasteiger partial charge in [0.25, 0.3) is 0 Å². The molecule has 2 heteroatoms. The molecule has 2 saturated carbocycles. The number of carbonyl (C=O) groups is 1. The first kappa shape index (κ1) is 12.0. The fourth-order valence-electron chi connectivity index (χ4n) is 2.49.